The summed E-state index contributed by atoms with van der Waals surface area (Å²) in [6.45, 7) is 5.60. The van der Waals surface area contributed by atoms with E-state index in [0.717, 1.165) is 34.0 Å². The molecular formula is C30H30ClN5O3S. The lowest BCUT2D eigenvalue weighted by molar-refractivity contribution is -0.114. The second-order valence-electron chi connectivity index (χ2n) is 9.54. The number of hydrogen-bond donors (Lipinski definition) is 2. The van der Waals surface area contributed by atoms with Gasteiger partial charge in [0, 0.05) is 35.2 Å². The van der Waals surface area contributed by atoms with Crippen molar-refractivity contribution < 1.29 is 14.3 Å². The van der Waals surface area contributed by atoms with E-state index in [-0.39, 0.29) is 18.0 Å². The van der Waals surface area contributed by atoms with E-state index in [1.807, 2.05) is 54.6 Å². The van der Waals surface area contributed by atoms with Gasteiger partial charge in [-0.2, -0.15) is 0 Å². The van der Waals surface area contributed by atoms with Gasteiger partial charge in [-0.05, 0) is 86.2 Å². The van der Waals surface area contributed by atoms with Gasteiger partial charge in [0.2, 0.25) is 5.91 Å². The fourth-order valence-corrected chi connectivity index (χ4v) is 5.89. The van der Waals surface area contributed by atoms with Gasteiger partial charge in [0.05, 0.1) is 43.4 Å². The summed E-state index contributed by atoms with van der Waals surface area (Å²) in [6, 6.07) is 18.7. The summed E-state index contributed by atoms with van der Waals surface area (Å²) in [5, 5.41) is 7.53. The number of ether oxygens (including phenoxy) is 2. The summed E-state index contributed by atoms with van der Waals surface area (Å²) in [7, 11) is 3.22. The molecule has 0 spiro atoms. The number of nitrogens with one attached hydrogen (secondary N) is 2. The zero-order valence-corrected chi connectivity index (χ0v) is 24.4. The number of anilines is 2. The topological polar surface area (TPSA) is 80.7 Å². The van der Waals surface area contributed by atoms with Gasteiger partial charge in [-0.1, -0.05) is 17.7 Å². The highest BCUT2D eigenvalue weighted by Gasteiger charge is 2.42. The molecule has 10 heteroatoms. The van der Waals surface area contributed by atoms with Crippen LogP contribution in [0.25, 0.3) is 5.69 Å². The van der Waals surface area contributed by atoms with Crippen molar-refractivity contribution in [1.29, 1.82) is 0 Å². The maximum Gasteiger partial charge on any atom is 0.221 e. The van der Waals surface area contributed by atoms with Gasteiger partial charge < -0.3 is 29.6 Å². The van der Waals surface area contributed by atoms with Crippen LogP contribution in [0.1, 0.15) is 41.7 Å². The van der Waals surface area contributed by atoms with Gasteiger partial charge in [0.15, 0.2) is 5.11 Å². The van der Waals surface area contributed by atoms with Crippen LogP contribution in [0.2, 0.25) is 5.02 Å². The molecule has 8 nitrogen and oxygen atoms in total. The number of pyridine rings is 1. The molecule has 1 saturated heterocycles. The highest BCUT2D eigenvalue weighted by atomic mass is 35.5. The molecule has 4 aromatic rings. The molecular weight excluding hydrogens is 546 g/mol. The monoisotopic (exact) mass is 575 g/mol. The summed E-state index contributed by atoms with van der Waals surface area (Å²) >= 11 is 12.3. The number of carbonyl (C=O) groups is 1. The minimum absolute atomic E-state index is 0.195. The molecule has 206 valence electrons. The predicted octanol–water partition coefficient (Wildman–Crippen LogP) is 6.30. The number of aryl methyl sites for hydroxylation is 1. The third-order valence-corrected chi connectivity index (χ3v) is 7.59. The number of aromatic nitrogens is 2. The molecule has 40 heavy (non-hydrogen) atoms. The molecule has 1 fully saturated rings. The summed E-state index contributed by atoms with van der Waals surface area (Å²) in [6.07, 6.45) is 1.78. The number of benzene rings is 2. The van der Waals surface area contributed by atoms with Gasteiger partial charge in [-0.25, -0.2) is 0 Å². The predicted molar refractivity (Wildman–Crippen MR) is 162 cm³/mol. The Morgan fingerprint density at radius 2 is 1.80 bits per heavy atom. The van der Waals surface area contributed by atoms with E-state index in [9.17, 15) is 4.79 Å². The average Bonchev–Trinajstić information content (AvgIpc) is 3.43. The van der Waals surface area contributed by atoms with Crippen LogP contribution in [0.5, 0.6) is 11.5 Å². The van der Waals surface area contributed by atoms with Gasteiger partial charge in [0.25, 0.3) is 0 Å². The van der Waals surface area contributed by atoms with Crippen LogP contribution in [0.4, 0.5) is 11.4 Å². The molecule has 0 radical (unpaired) electrons. The highest BCUT2D eigenvalue weighted by Crippen LogP contribution is 2.45. The SMILES string of the molecule is COc1ccc(N2C(=S)NC(c3ccccn3)C2c2cc(C)n(-c3cc(Cl)ccc3OC)c2C)cc1NC(C)=O. The van der Waals surface area contributed by atoms with E-state index in [2.05, 4.69) is 45.0 Å². The minimum atomic E-state index is -0.258. The maximum absolute atomic E-state index is 11.9. The molecule has 2 unspecified atom stereocenters. The third kappa shape index (κ3) is 4.98. The van der Waals surface area contributed by atoms with Crippen LogP contribution in [-0.2, 0) is 4.79 Å². The Morgan fingerprint density at radius 1 is 1.05 bits per heavy atom. The first-order chi connectivity index (χ1) is 19.2. The largest absolute Gasteiger partial charge is 0.495 e. The summed E-state index contributed by atoms with van der Waals surface area (Å²) in [5.74, 6) is 1.08. The summed E-state index contributed by atoms with van der Waals surface area (Å²) < 4.78 is 13.3. The van der Waals surface area contributed by atoms with Crippen molar-refractivity contribution in [2.75, 3.05) is 24.4 Å². The first-order valence-electron chi connectivity index (χ1n) is 12.7. The van der Waals surface area contributed by atoms with Crippen LogP contribution >= 0.6 is 23.8 Å². The van der Waals surface area contributed by atoms with Crippen LogP contribution in [-0.4, -0.2) is 34.8 Å². The van der Waals surface area contributed by atoms with Crippen LogP contribution in [0, 0.1) is 13.8 Å². The fourth-order valence-electron chi connectivity index (χ4n) is 5.38. The molecule has 3 heterocycles. The zero-order chi connectivity index (χ0) is 28.6. The lowest BCUT2D eigenvalue weighted by Crippen LogP contribution is -2.29. The smallest absolute Gasteiger partial charge is 0.221 e. The van der Waals surface area contributed by atoms with Crippen LogP contribution in [0.3, 0.4) is 0 Å². The van der Waals surface area contributed by atoms with Crippen molar-refractivity contribution >= 4 is 46.2 Å². The Kier molecular flexibility index (Phi) is 7.69. The number of thiocarbonyl (C=S) groups is 1. The van der Waals surface area contributed by atoms with E-state index in [1.165, 1.54) is 6.92 Å². The molecule has 0 saturated carbocycles. The highest BCUT2D eigenvalue weighted by molar-refractivity contribution is 7.80. The molecule has 0 aliphatic carbocycles. The number of rotatable bonds is 7. The molecule has 1 amide bonds. The Hall–Kier alpha value is -4.08. The number of amides is 1. The fraction of sp³-hybridized carbons (Fsp3) is 0.233. The Morgan fingerprint density at radius 3 is 2.48 bits per heavy atom. The van der Waals surface area contributed by atoms with Gasteiger partial charge >= 0.3 is 0 Å². The van der Waals surface area contributed by atoms with E-state index in [0.29, 0.717) is 27.3 Å². The summed E-state index contributed by atoms with van der Waals surface area (Å²) in [4.78, 5) is 18.7. The van der Waals surface area contributed by atoms with Crippen molar-refractivity contribution in [1.82, 2.24) is 14.9 Å². The molecule has 2 aromatic heterocycles. The average molecular weight is 576 g/mol. The maximum atomic E-state index is 11.9. The first-order valence-corrected chi connectivity index (χ1v) is 13.5. The van der Waals surface area contributed by atoms with Crippen molar-refractivity contribution in [3.63, 3.8) is 0 Å². The van der Waals surface area contributed by atoms with E-state index < -0.39 is 0 Å². The molecule has 5 rings (SSSR count). The third-order valence-electron chi connectivity index (χ3n) is 7.04. The first kappa shape index (κ1) is 27.5. The Balaban J connectivity index is 1.70. The normalized spacial score (nSPS) is 16.6. The molecule has 2 aromatic carbocycles. The van der Waals surface area contributed by atoms with Crippen molar-refractivity contribution in [3.05, 3.63) is 94.5 Å². The summed E-state index contributed by atoms with van der Waals surface area (Å²) in [5.41, 5.74) is 6.15. The number of methoxy groups -OCH3 is 2. The second kappa shape index (κ2) is 11.2. The van der Waals surface area contributed by atoms with Crippen LogP contribution in [0.15, 0.2) is 66.9 Å². The van der Waals surface area contributed by atoms with E-state index in [4.69, 9.17) is 33.3 Å². The number of hydrogen-bond acceptors (Lipinski definition) is 5. The Labute approximate surface area is 243 Å². The lowest BCUT2D eigenvalue weighted by atomic mass is 9.96. The van der Waals surface area contributed by atoms with Gasteiger partial charge in [-0.15, -0.1) is 0 Å². The molecule has 0 bridgehead atoms. The van der Waals surface area contributed by atoms with Crippen molar-refractivity contribution in [2.24, 2.45) is 0 Å². The molecule has 2 N–H and O–H groups in total. The number of nitrogens with zero attached hydrogens (tertiary/aromatic N) is 3. The van der Waals surface area contributed by atoms with Gasteiger partial charge in [0.1, 0.15) is 11.5 Å². The van der Waals surface area contributed by atoms with Crippen molar-refractivity contribution in [2.45, 2.75) is 32.9 Å². The second-order valence-corrected chi connectivity index (χ2v) is 10.4. The Bertz CT molecular complexity index is 1590. The number of carbonyl (C=O) groups excluding carboxylic acids is 1. The van der Waals surface area contributed by atoms with E-state index in [1.54, 1.807) is 20.4 Å². The quantitative estimate of drug-likeness (QED) is 0.250. The van der Waals surface area contributed by atoms with Crippen molar-refractivity contribution in [3.8, 4) is 17.2 Å². The van der Waals surface area contributed by atoms with E-state index >= 15 is 0 Å². The van der Waals surface area contributed by atoms with Gasteiger partial charge in [-0.3, -0.25) is 9.78 Å². The molecule has 1 aliphatic heterocycles. The lowest BCUT2D eigenvalue weighted by Gasteiger charge is -2.29. The molecule has 1 aliphatic rings. The van der Waals surface area contributed by atoms with Crippen LogP contribution < -0.4 is 25.0 Å². The number of halogens is 1. The zero-order valence-electron chi connectivity index (χ0n) is 22.9. The molecule has 2 atom stereocenters. The minimum Gasteiger partial charge on any atom is -0.495 e. The standard InChI is InChI=1S/C30H30ClN5O3S/c1-17-14-22(18(2)35(17)25-15-20(31)9-11-27(25)39-5)29-28(23-8-6-7-13-32-23)34-30(40)36(29)21-10-12-26(38-4)24(16-21)33-19(3)37/h6-16,28-29H,1-5H3,(H,33,37)(H,34,40).